The Hall–Kier alpha value is -2.30. The molecule has 16 heavy (non-hydrogen) atoms. The summed E-state index contributed by atoms with van der Waals surface area (Å²) in [4.78, 5) is 22.8. The van der Waals surface area contributed by atoms with E-state index in [0.717, 1.165) is 10.5 Å². The van der Waals surface area contributed by atoms with E-state index in [9.17, 15) is 9.59 Å². The summed E-state index contributed by atoms with van der Waals surface area (Å²) in [5.74, 6) is -1.18. The van der Waals surface area contributed by atoms with Gasteiger partial charge >= 0.3 is 12.1 Å². The summed E-state index contributed by atoms with van der Waals surface area (Å²) in [5, 5.41) is 18.0. The second-order valence-corrected chi connectivity index (χ2v) is 3.38. The minimum atomic E-state index is -1.28. The number of hydrogen-bond acceptors (Lipinski definition) is 2. The average Bonchev–Trinajstić information content (AvgIpc) is 2.27. The molecule has 0 saturated heterocycles. The van der Waals surface area contributed by atoms with E-state index in [4.69, 9.17) is 10.2 Å². The van der Waals surface area contributed by atoms with Gasteiger partial charge in [-0.25, -0.2) is 9.59 Å². The Morgan fingerprint density at radius 1 is 1.19 bits per heavy atom. The molecule has 5 nitrogen and oxygen atoms in total. The summed E-state index contributed by atoms with van der Waals surface area (Å²) < 4.78 is 0. The van der Waals surface area contributed by atoms with Crippen molar-refractivity contribution in [2.75, 3.05) is 0 Å². The van der Waals surface area contributed by atoms with Gasteiger partial charge in [-0.1, -0.05) is 24.3 Å². The van der Waals surface area contributed by atoms with Crippen molar-refractivity contribution < 1.29 is 19.8 Å². The molecule has 0 spiro atoms. The van der Waals surface area contributed by atoms with Crippen LogP contribution < -0.4 is 0 Å². The van der Waals surface area contributed by atoms with Crippen molar-refractivity contribution in [2.24, 2.45) is 0 Å². The van der Waals surface area contributed by atoms with Gasteiger partial charge in [0.05, 0.1) is 0 Å². The van der Waals surface area contributed by atoms with Gasteiger partial charge in [-0.3, -0.25) is 4.90 Å². The summed E-state index contributed by atoms with van der Waals surface area (Å²) in [6, 6.07) is 5.67. The molecule has 0 saturated carbocycles. The lowest BCUT2D eigenvalue weighted by molar-refractivity contribution is -0.142. The Labute approximate surface area is 91.2 Å². The molecule has 0 fully saturated rings. The van der Waals surface area contributed by atoms with Crippen molar-refractivity contribution in [2.45, 2.75) is 6.04 Å². The maximum absolute atomic E-state index is 11.1. The van der Waals surface area contributed by atoms with Crippen molar-refractivity contribution >= 4 is 18.1 Å². The molecule has 1 aromatic rings. The zero-order valence-electron chi connectivity index (χ0n) is 8.20. The highest BCUT2D eigenvalue weighted by Gasteiger charge is 2.33. The lowest BCUT2D eigenvalue weighted by Crippen LogP contribution is -2.35. The molecule has 5 heteroatoms. The van der Waals surface area contributed by atoms with E-state index < -0.39 is 18.1 Å². The quantitative estimate of drug-likeness (QED) is 0.754. The van der Waals surface area contributed by atoms with E-state index in [1.807, 2.05) is 0 Å². The van der Waals surface area contributed by atoms with Gasteiger partial charge in [-0.15, -0.1) is 0 Å². The fraction of sp³-hybridized carbons (Fsp3) is 0.0909. The Kier molecular flexibility index (Phi) is 2.36. The van der Waals surface area contributed by atoms with Gasteiger partial charge in [-0.2, -0.15) is 0 Å². The van der Waals surface area contributed by atoms with Crippen molar-refractivity contribution in [3.8, 4) is 0 Å². The normalized spacial score (nSPS) is 18.0. The molecule has 1 atom stereocenters. The van der Waals surface area contributed by atoms with Gasteiger partial charge in [0.2, 0.25) is 0 Å². The lowest BCUT2D eigenvalue weighted by atomic mass is 9.96. The first-order chi connectivity index (χ1) is 7.61. The van der Waals surface area contributed by atoms with Crippen LogP contribution in [0.4, 0.5) is 4.79 Å². The van der Waals surface area contributed by atoms with Crippen molar-refractivity contribution in [3.63, 3.8) is 0 Å². The molecule has 0 aromatic heterocycles. The van der Waals surface area contributed by atoms with Gasteiger partial charge in [0.1, 0.15) is 0 Å². The predicted molar refractivity (Wildman–Crippen MR) is 55.7 cm³/mol. The van der Waals surface area contributed by atoms with Crippen molar-refractivity contribution in [1.82, 2.24) is 4.90 Å². The Balaban J connectivity index is 2.54. The van der Waals surface area contributed by atoms with Crippen molar-refractivity contribution in [1.29, 1.82) is 0 Å². The monoisotopic (exact) mass is 219 g/mol. The number of amides is 1. The molecule has 1 aliphatic rings. The molecule has 1 heterocycles. The summed E-state index contributed by atoms with van der Waals surface area (Å²) >= 11 is 0. The number of nitrogens with zero attached hydrogens (tertiary/aromatic N) is 1. The zero-order chi connectivity index (χ0) is 11.7. The maximum atomic E-state index is 11.1. The molecular weight excluding hydrogens is 210 g/mol. The van der Waals surface area contributed by atoms with Crippen LogP contribution in [0.3, 0.4) is 0 Å². The van der Waals surface area contributed by atoms with E-state index in [1.165, 1.54) is 6.20 Å². The third-order valence-corrected chi connectivity index (χ3v) is 2.44. The molecule has 0 radical (unpaired) electrons. The van der Waals surface area contributed by atoms with Crippen LogP contribution in [-0.4, -0.2) is 27.2 Å². The standard InChI is InChI=1S/C11H9NO4/c13-10(14)9-8-4-2-1-3-7(8)5-6-12(9)11(15)16/h1-6,9H,(H,13,14)(H,15,16). The van der Waals surface area contributed by atoms with E-state index in [1.54, 1.807) is 30.3 Å². The highest BCUT2D eigenvalue weighted by Crippen LogP contribution is 2.30. The van der Waals surface area contributed by atoms with Crippen LogP contribution in [0.2, 0.25) is 0 Å². The highest BCUT2D eigenvalue weighted by atomic mass is 16.4. The number of aliphatic carboxylic acids is 1. The van der Waals surface area contributed by atoms with E-state index >= 15 is 0 Å². The van der Waals surface area contributed by atoms with E-state index in [-0.39, 0.29) is 0 Å². The third-order valence-electron chi connectivity index (χ3n) is 2.44. The first-order valence-corrected chi connectivity index (χ1v) is 4.62. The number of fused-ring (bicyclic) bond motifs is 1. The van der Waals surface area contributed by atoms with Crippen LogP contribution >= 0.6 is 0 Å². The SMILES string of the molecule is O=C(O)C1c2ccccc2C=CN1C(=O)O. The fourth-order valence-corrected chi connectivity index (χ4v) is 1.73. The first kappa shape index (κ1) is 10.2. The molecule has 2 rings (SSSR count). The van der Waals surface area contributed by atoms with E-state index in [2.05, 4.69) is 0 Å². The summed E-state index contributed by atoms with van der Waals surface area (Å²) in [7, 11) is 0. The molecule has 0 aliphatic carbocycles. The molecule has 1 aliphatic heterocycles. The van der Waals surface area contributed by atoms with Gasteiger partial charge in [0.25, 0.3) is 0 Å². The van der Waals surface area contributed by atoms with Gasteiger partial charge in [-0.05, 0) is 17.2 Å². The second kappa shape index (κ2) is 3.69. The molecule has 1 unspecified atom stereocenters. The maximum Gasteiger partial charge on any atom is 0.412 e. The minimum Gasteiger partial charge on any atom is -0.479 e. The lowest BCUT2D eigenvalue weighted by Gasteiger charge is -2.27. The molecule has 82 valence electrons. The smallest absolute Gasteiger partial charge is 0.412 e. The number of carboxylic acid groups (broad SMARTS) is 2. The molecule has 2 N–H and O–H groups in total. The largest absolute Gasteiger partial charge is 0.479 e. The predicted octanol–water partition coefficient (Wildman–Crippen LogP) is 1.78. The van der Waals surface area contributed by atoms with Crippen molar-refractivity contribution in [3.05, 3.63) is 41.6 Å². The Bertz CT molecular complexity index is 481. The number of carbonyl (C=O) groups is 2. The summed E-state index contributed by atoms with van der Waals surface area (Å²) in [6.45, 7) is 0. The number of benzene rings is 1. The van der Waals surface area contributed by atoms with Crippen LogP contribution in [0, 0.1) is 0 Å². The Morgan fingerprint density at radius 3 is 2.50 bits per heavy atom. The molecule has 1 aromatic carbocycles. The van der Waals surface area contributed by atoms with Gasteiger partial charge in [0, 0.05) is 6.20 Å². The highest BCUT2D eigenvalue weighted by molar-refractivity contribution is 5.85. The molecular formula is C11H9NO4. The minimum absolute atomic E-state index is 0.486. The zero-order valence-corrected chi connectivity index (χ0v) is 8.20. The summed E-state index contributed by atoms with van der Waals surface area (Å²) in [6.07, 6.45) is 1.57. The molecule has 0 bridgehead atoms. The summed E-state index contributed by atoms with van der Waals surface area (Å²) in [5.41, 5.74) is 1.22. The van der Waals surface area contributed by atoms with Crippen LogP contribution in [0.25, 0.3) is 6.08 Å². The Morgan fingerprint density at radius 2 is 1.88 bits per heavy atom. The van der Waals surface area contributed by atoms with Gasteiger partial charge in [0.15, 0.2) is 6.04 Å². The van der Waals surface area contributed by atoms with Crippen LogP contribution in [0.15, 0.2) is 30.5 Å². The fourth-order valence-electron chi connectivity index (χ4n) is 1.73. The van der Waals surface area contributed by atoms with Crippen LogP contribution in [0.1, 0.15) is 17.2 Å². The third kappa shape index (κ3) is 1.52. The van der Waals surface area contributed by atoms with Crippen LogP contribution in [-0.2, 0) is 4.79 Å². The van der Waals surface area contributed by atoms with E-state index in [0.29, 0.717) is 5.56 Å². The number of rotatable bonds is 1. The average molecular weight is 219 g/mol. The number of hydrogen-bond donors (Lipinski definition) is 2. The number of carboxylic acids is 1. The van der Waals surface area contributed by atoms with Crippen LogP contribution in [0.5, 0.6) is 0 Å². The van der Waals surface area contributed by atoms with Gasteiger partial charge < -0.3 is 10.2 Å². The topological polar surface area (TPSA) is 77.8 Å². The first-order valence-electron chi connectivity index (χ1n) is 4.62. The molecule has 1 amide bonds. The second-order valence-electron chi connectivity index (χ2n) is 3.38.